The molecule has 0 spiro atoms. The van der Waals surface area contributed by atoms with E-state index in [1.807, 2.05) is 0 Å². The molecular weight excluding hydrogens is 214 g/mol. The molecule has 15 heavy (non-hydrogen) atoms. The van der Waals surface area contributed by atoms with E-state index >= 15 is 0 Å². The van der Waals surface area contributed by atoms with Crippen LogP contribution in [0.1, 0.15) is 25.5 Å². The van der Waals surface area contributed by atoms with Crippen molar-refractivity contribution >= 4 is 18.2 Å². The Kier molecular flexibility index (Phi) is 6.45. The number of nitrogens with zero attached hydrogens (tertiary/aromatic N) is 1. The molecule has 0 radical (unpaired) electrons. The summed E-state index contributed by atoms with van der Waals surface area (Å²) in [5.41, 5.74) is 5.76. The number of hydrogen-bond donors (Lipinski definition) is 2. The number of halogens is 1. The van der Waals surface area contributed by atoms with Gasteiger partial charge in [0, 0.05) is 12.3 Å². The van der Waals surface area contributed by atoms with E-state index < -0.39 is 0 Å². The number of nitrogen functional groups attached to an aromatic ring is 1. The molecular formula is C10H16ClN3O. The van der Waals surface area contributed by atoms with Crippen molar-refractivity contribution in [2.75, 3.05) is 6.61 Å². The van der Waals surface area contributed by atoms with Gasteiger partial charge in [0.05, 0.1) is 6.61 Å². The largest absolute Gasteiger partial charge is 0.493 e. The van der Waals surface area contributed by atoms with Crippen LogP contribution < -0.4 is 10.5 Å². The van der Waals surface area contributed by atoms with Gasteiger partial charge in [0.1, 0.15) is 17.3 Å². The van der Waals surface area contributed by atoms with Crippen LogP contribution in [0.15, 0.2) is 18.3 Å². The van der Waals surface area contributed by atoms with Crippen LogP contribution in [-0.4, -0.2) is 17.4 Å². The minimum Gasteiger partial charge on any atom is -0.493 e. The molecule has 1 heterocycles. The van der Waals surface area contributed by atoms with E-state index in [0.717, 1.165) is 18.6 Å². The van der Waals surface area contributed by atoms with Gasteiger partial charge in [0.15, 0.2) is 0 Å². The molecule has 0 aliphatic carbocycles. The van der Waals surface area contributed by atoms with Gasteiger partial charge in [-0.15, -0.1) is 12.4 Å². The van der Waals surface area contributed by atoms with Gasteiger partial charge in [-0.2, -0.15) is 0 Å². The van der Waals surface area contributed by atoms with Gasteiger partial charge in [-0.3, -0.25) is 10.4 Å². The monoisotopic (exact) mass is 229 g/mol. The van der Waals surface area contributed by atoms with E-state index in [1.54, 1.807) is 18.3 Å². The second-order valence-corrected chi connectivity index (χ2v) is 2.99. The highest BCUT2D eigenvalue weighted by Gasteiger charge is 2.00. The SMILES string of the molecule is CCCCOc1ccnc(C(=N)N)c1.Cl. The maximum absolute atomic E-state index is 7.20. The highest BCUT2D eigenvalue weighted by Crippen LogP contribution is 2.10. The van der Waals surface area contributed by atoms with Gasteiger partial charge >= 0.3 is 0 Å². The summed E-state index contributed by atoms with van der Waals surface area (Å²) in [6.45, 7) is 2.80. The van der Waals surface area contributed by atoms with Crippen LogP contribution >= 0.6 is 12.4 Å². The van der Waals surface area contributed by atoms with E-state index in [-0.39, 0.29) is 18.2 Å². The van der Waals surface area contributed by atoms with Crippen LogP contribution in [0, 0.1) is 5.41 Å². The number of amidine groups is 1. The number of ether oxygens (including phenoxy) is 1. The minimum absolute atomic E-state index is 0. The number of aromatic nitrogens is 1. The van der Waals surface area contributed by atoms with Crippen molar-refractivity contribution in [1.82, 2.24) is 4.98 Å². The standard InChI is InChI=1S/C10H15N3O.ClH/c1-2-3-6-14-8-4-5-13-9(7-8)10(11)12;/h4-5,7H,2-3,6H2,1H3,(H3,11,12);1H. The van der Waals surface area contributed by atoms with Gasteiger partial charge in [-0.25, -0.2) is 0 Å². The fourth-order valence-electron chi connectivity index (χ4n) is 0.983. The first-order chi connectivity index (χ1) is 6.74. The zero-order valence-electron chi connectivity index (χ0n) is 8.69. The second-order valence-electron chi connectivity index (χ2n) is 2.99. The lowest BCUT2D eigenvalue weighted by Gasteiger charge is -2.05. The van der Waals surface area contributed by atoms with Gasteiger partial charge in [0.2, 0.25) is 0 Å². The second kappa shape index (κ2) is 7.06. The number of nitrogens with one attached hydrogen (secondary N) is 1. The van der Waals surface area contributed by atoms with Crippen LogP contribution in [0.2, 0.25) is 0 Å². The van der Waals surface area contributed by atoms with Crippen LogP contribution in [-0.2, 0) is 0 Å². The van der Waals surface area contributed by atoms with E-state index in [9.17, 15) is 0 Å². The topological polar surface area (TPSA) is 72.0 Å². The third-order valence-corrected chi connectivity index (χ3v) is 1.77. The molecule has 1 aromatic heterocycles. The smallest absolute Gasteiger partial charge is 0.141 e. The molecule has 0 amide bonds. The van der Waals surface area contributed by atoms with E-state index in [4.69, 9.17) is 15.9 Å². The Labute approximate surface area is 95.8 Å². The zero-order valence-corrected chi connectivity index (χ0v) is 9.51. The molecule has 0 saturated heterocycles. The molecule has 0 aliphatic rings. The molecule has 1 rings (SSSR count). The number of unbranched alkanes of at least 4 members (excludes halogenated alkanes) is 1. The summed E-state index contributed by atoms with van der Waals surface area (Å²) in [6.07, 6.45) is 3.72. The first-order valence-corrected chi connectivity index (χ1v) is 4.67. The molecule has 4 nitrogen and oxygen atoms in total. The lowest BCUT2D eigenvalue weighted by atomic mass is 10.3. The molecule has 84 valence electrons. The zero-order chi connectivity index (χ0) is 10.4. The average molecular weight is 230 g/mol. The average Bonchev–Trinajstić information content (AvgIpc) is 2.19. The maximum Gasteiger partial charge on any atom is 0.141 e. The number of rotatable bonds is 5. The Bertz CT molecular complexity index is 317. The predicted molar refractivity (Wildman–Crippen MR) is 62.9 cm³/mol. The van der Waals surface area contributed by atoms with Crippen LogP contribution in [0.5, 0.6) is 5.75 Å². The fraction of sp³-hybridized carbons (Fsp3) is 0.400. The highest BCUT2D eigenvalue weighted by molar-refractivity contribution is 5.93. The van der Waals surface area contributed by atoms with Crippen LogP contribution in [0.4, 0.5) is 0 Å². The maximum atomic E-state index is 7.20. The Morgan fingerprint density at radius 1 is 1.60 bits per heavy atom. The molecule has 0 atom stereocenters. The van der Waals surface area contributed by atoms with Crippen molar-refractivity contribution in [2.24, 2.45) is 5.73 Å². The van der Waals surface area contributed by atoms with Crippen LogP contribution in [0.25, 0.3) is 0 Å². The lowest BCUT2D eigenvalue weighted by Crippen LogP contribution is -2.13. The molecule has 0 fully saturated rings. The Hall–Kier alpha value is -1.29. The van der Waals surface area contributed by atoms with E-state index in [1.165, 1.54) is 0 Å². The molecule has 0 aromatic carbocycles. The van der Waals surface area contributed by atoms with Crippen molar-refractivity contribution < 1.29 is 4.74 Å². The van der Waals surface area contributed by atoms with Crippen molar-refractivity contribution in [2.45, 2.75) is 19.8 Å². The Morgan fingerprint density at radius 3 is 2.93 bits per heavy atom. The van der Waals surface area contributed by atoms with Crippen molar-refractivity contribution in [1.29, 1.82) is 5.41 Å². The number of nitrogens with two attached hydrogens (primary N) is 1. The first kappa shape index (κ1) is 13.7. The van der Waals surface area contributed by atoms with Crippen LogP contribution in [0.3, 0.4) is 0 Å². The molecule has 5 heteroatoms. The van der Waals surface area contributed by atoms with Gasteiger partial charge in [-0.05, 0) is 12.5 Å². The van der Waals surface area contributed by atoms with Gasteiger partial charge in [-0.1, -0.05) is 13.3 Å². The minimum atomic E-state index is -0.0362. The van der Waals surface area contributed by atoms with Gasteiger partial charge < -0.3 is 10.5 Å². The third-order valence-electron chi connectivity index (χ3n) is 1.77. The lowest BCUT2D eigenvalue weighted by molar-refractivity contribution is 0.309. The van der Waals surface area contributed by atoms with E-state index in [0.29, 0.717) is 12.3 Å². The molecule has 0 aliphatic heterocycles. The quantitative estimate of drug-likeness (QED) is 0.461. The summed E-state index contributed by atoms with van der Waals surface area (Å²) in [7, 11) is 0. The van der Waals surface area contributed by atoms with Gasteiger partial charge in [0.25, 0.3) is 0 Å². The summed E-state index contributed by atoms with van der Waals surface area (Å²) < 4.78 is 5.44. The normalized spacial score (nSPS) is 9.13. The first-order valence-electron chi connectivity index (χ1n) is 4.67. The molecule has 3 N–H and O–H groups in total. The summed E-state index contributed by atoms with van der Waals surface area (Å²) in [4.78, 5) is 3.94. The summed E-state index contributed by atoms with van der Waals surface area (Å²) in [5, 5.41) is 7.20. The predicted octanol–water partition coefficient (Wildman–Crippen LogP) is 1.97. The molecule has 0 bridgehead atoms. The van der Waals surface area contributed by atoms with Crippen molar-refractivity contribution in [3.8, 4) is 5.75 Å². The number of pyridine rings is 1. The van der Waals surface area contributed by atoms with Crippen molar-refractivity contribution in [3.63, 3.8) is 0 Å². The Balaban J connectivity index is 0.00000196. The molecule has 1 aromatic rings. The van der Waals surface area contributed by atoms with E-state index in [2.05, 4.69) is 11.9 Å². The van der Waals surface area contributed by atoms with Crippen molar-refractivity contribution in [3.05, 3.63) is 24.0 Å². The fourth-order valence-corrected chi connectivity index (χ4v) is 0.983. The Morgan fingerprint density at radius 2 is 2.33 bits per heavy atom. The number of hydrogen-bond acceptors (Lipinski definition) is 3. The third kappa shape index (κ3) is 4.65. The summed E-state index contributed by atoms with van der Waals surface area (Å²) in [5.74, 6) is 0.685. The molecule has 0 unspecified atom stereocenters. The summed E-state index contributed by atoms with van der Waals surface area (Å²) >= 11 is 0. The highest BCUT2D eigenvalue weighted by atomic mass is 35.5. The summed E-state index contributed by atoms with van der Waals surface area (Å²) in [6, 6.07) is 3.44. The molecule has 0 saturated carbocycles.